The minimum atomic E-state index is -3.55. The Hall–Kier alpha value is -1.38. The Balaban J connectivity index is 1.82. The number of sulfone groups is 1. The van der Waals surface area contributed by atoms with E-state index in [1.165, 1.54) is 11.8 Å². The van der Waals surface area contributed by atoms with Crippen molar-refractivity contribution < 1.29 is 13.2 Å². The summed E-state index contributed by atoms with van der Waals surface area (Å²) in [5.41, 5.74) is 3.02. The van der Waals surface area contributed by atoms with E-state index in [0.29, 0.717) is 22.2 Å². The first-order valence-corrected chi connectivity index (χ1v) is 10.0. The predicted molar refractivity (Wildman–Crippen MR) is 93.6 cm³/mol. The van der Waals surface area contributed by atoms with E-state index >= 15 is 0 Å². The average molecular weight is 372 g/mol. The van der Waals surface area contributed by atoms with E-state index in [1.807, 2.05) is 0 Å². The summed E-state index contributed by atoms with van der Waals surface area (Å²) in [6.45, 7) is 0.748. The number of ketones is 1. The van der Waals surface area contributed by atoms with Gasteiger partial charge in [-0.3, -0.25) is 9.79 Å². The highest BCUT2D eigenvalue weighted by Crippen LogP contribution is 2.19. The normalized spacial score (nSPS) is 20.8. The molecule has 0 aromatic heterocycles. The molecule has 1 aromatic rings. The molecule has 0 amide bonds. The van der Waals surface area contributed by atoms with Crippen LogP contribution in [0.4, 0.5) is 0 Å². The van der Waals surface area contributed by atoms with Crippen LogP contribution in [0.3, 0.4) is 0 Å². The van der Waals surface area contributed by atoms with Crippen LogP contribution >= 0.6 is 23.4 Å². The minimum Gasteiger partial charge on any atom is -0.308 e. The number of hydrogen-bond donors (Lipinski definition) is 1. The molecule has 9 heteroatoms. The average Bonchev–Trinajstić information content (AvgIpc) is 3.18. The first kappa shape index (κ1) is 16.5. The maximum absolute atomic E-state index is 12.6. The van der Waals surface area contributed by atoms with Gasteiger partial charge >= 0.3 is 0 Å². The van der Waals surface area contributed by atoms with Gasteiger partial charge in [0.1, 0.15) is 11.0 Å². The molecule has 0 fully saturated rings. The van der Waals surface area contributed by atoms with Gasteiger partial charge in [-0.05, 0) is 24.3 Å². The van der Waals surface area contributed by atoms with Gasteiger partial charge < -0.3 is 5.43 Å². The lowest BCUT2D eigenvalue weighted by Gasteiger charge is -2.12. The van der Waals surface area contributed by atoms with Crippen molar-refractivity contribution in [2.45, 2.75) is 5.25 Å². The summed E-state index contributed by atoms with van der Waals surface area (Å²) in [6, 6.07) is 6.30. The first-order valence-electron chi connectivity index (χ1n) is 6.96. The third kappa shape index (κ3) is 3.59. The number of nitrogens with zero attached hydrogens (tertiary/aromatic N) is 2. The van der Waals surface area contributed by atoms with Gasteiger partial charge in [-0.1, -0.05) is 11.6 Å². The van der Waals surface area contributed by atoms with E-state index in [-0.39, 0.29) is 18.0 Å². The zero-order chi connectivity index (χ0) is 16.4. The predicted octanol–water partition coefficient (Wildman–Crippen LogP) is 1.41. The standard InChI is InChI=1S/C14H14ClN3O3S2/c15-10-3-1-9(2-4-10)14(19)13-11(7-17-18-13)23(20,21)8-12-16-5-6-22-12/h1-4,11,17H,5-8H2. The maximum Gasteiger partial charge on any atom is 0.210 e. The highest BCUT2D eigenvalue weighted by molar-refractivity contribution is 8.15. The fraction of sp³-hybridized carbons (Fsp3) is 0.357. The Kier molecular flexibility index (Phi) is 4.74. The second kappa shape index (κ2) is 6.62. The fourth-order valence-electron chi connectivity index (χ4n) is 2.37. The fourth-order valence-corrected chi connectivity index (χ4v) is 5.38. The molecule has 0 aliphatic carbocycles. The van der Waals surface area contributed by atoms with Gasteiger partial charge in [-0.25, -0.2) is 8.42 Å². The van der Waals surface area contributed by atoms with Gasteiger partial charge in [-0.15, -0.1) is 11.8 Å². The van der Waals surface area contributed by atoms with E-state index in [0.717, 1.165) is 5.75 Å². The molecule has 0 saturated heterocycles. The molecule has 3 rings (SSSR count). The van der Waals surface area contributed by atoms with Gasteiger partial charge in [-0.2, -0.15) is 5.10 Å². The van der Waals surface area contributed by atoms with E-state index in [1.54, 1.807) is 24.3 Å². The molecular weight excluding hydrogens is 358 g/mol. The summed E-state index contributed by atoms with van der Waals surface area (Å²) < 4.78 is 25.2. The number of aliphatic imine (C=N–C) groups is 1. The van der Waals surface area contributed by atoms with E-state index in [4.69, 9.17) is 11.6 Å². The second-order valence-electron chi connectivity index (χ2n) is 5.12. The van der Waals surface area contributed by atoms with Crippen LogP contribution in [0.25, 0.3) is 0 Å². The molecule has 1 aromatic carbocycles. The van der Waals surface area contributed by atoms with Crippen LogP contribution in [0.5, 0.6) is 0 Å². The number of nitrogens with one attached hydrogen (secondary N) is 1. The molecule has 1 atom stereocenters. The van der Waals surface area contributed by atoms with Crippen molar-refractivity contribution in [1.82, 2.24) is 5.43 Å². The quantitative estimate of drug-likeness (QED) is 0.790. The number of thioether (sulfide) groups is 1. The Morgan fingerprint density at radius 1 is 1.35 bits per heavy atom. The van der Waals surface area contributed by atoms with Crippen LogP contribution < -0.4 is 5.43 Å². The van der Waals surface area contributed by atoms with Crippen LogP contribution in [0, 0.1) is 0 Å². The smallest absolute Gasteiger partial charge is 0.210 e. The van der Waals surface area contributed by atoms with Gasteiger partial charge in [0.05, 0.1) is 17.3 Å². The highest BCUT2D eigenvalue weighted by atomic mass is 35.5. The van der Waals surface area contributed by atoms with Crippen LogP contribution in [-0.2, 0) is 9.84 Å². The van der Waals surface area contributed by atoms with Crippen LogP contribution in [-0.4, -0.2) is 54.8 Å². The van der Waals surface area contributed by atoms with E-state index < -0.39 is 20.9 Å². The van der Waals surface area contributed by atoms with Gasteiger partial charge in [0.25, 0.3) is 0 Å². The third-order valence-corrected chi connectivity index (χ3v) is 6.89. The zero-order valence-corrected chi connectivity index (χ0v) is 14.4. The number of carbonyl (C=O) groups excluding carboxylic acids is 1. The van der Waals surface area contributed by atoms with E-state index in [2.05, 4.69) is 15.5 Å². The third-order valence-electron chi connectivity index (χ3n) is 3.53. The zero-order valence-electron chi connectivity index (χ0n) is 12.0. The topological polar surface area (TPSA) is 88.0 Å². The van der Waals surface area contributed by atoms with Gasteiger partial charge in [0.2, 0.25) is 5.78 Å². The molecule has 2 aliphatic heterocycles. The number of hydrogen-bond acceptors (Lipinski definition) is 7. The van der Waals surface area contributed by atoms with Crippen molar-refractivity contribution in [2.24, 2.45) is 10.1 Å². The summed E-state index contributed by atoms with van der Waals surface area (Å²) in [5.74, 6) is 0.260. The van der Waals surface area contributed by atoms with Crippen molar-refractivity contribution in [3.63, 3.8) is 0 Å². The summed E-state index contributed by atoms with van der Waals surface area (Å²) in [4.78, 5) is 16.7. The van der Waals surface area contributed by atoms with Gasteiger partial charge in [0, 0.05) is 22.9 Å². The van der Waals surface area contributed by atoms with Gasteiger partial charge in [0.15, 0.2) is 9.84 Å². The van der Waals surface area contributed by atoms with Crippen molar-refractivity contribution in [3.05, 3.63) is 34.9 Å². The largest absolute Gasteiger partial charge is 0.308 e. The van der Waals surface area contributed by atoms with Crippen LogP contribution in [0.2, 0.25) is 5.02 Å². The summed E-state index contributed by atoms with van der Waals surface area (Å²) in [5, 5.41) is 4.08. The molecular formula is C14H14ClN3O3S2. The lowest BCUT2D eigenvalue weighted by Crippen LogP contribution is -2.38. The number of carbonyl (C=O) groups is 1. The monoisotopic (exact) mass is 371 g/mol. The Bertz CT molecular complexity index is 788. The SMILES string of the molecule is O=C(C1=NNCC1S(=O)(=O)CC1=NCCS1)c1ccc(Cl)cc1. The van der Waals surface area contributed by atoms with E-state index in [9.17, 15) is 13.2 Å². The van der Waals surface area contributed by atoms with Crippen molar-refractivity contribution in [2.75, 3.05) is 24.6 Å². The maximum atomic E-state index is 12.6. The molecule has 0 spiro atoms. The highest BCUT2D eigenvalue weighted by Gasteiger charge is 2.38. The Labute approximate surface area is 143 Å². The van der Waals surface area contributed by atoms with Crippen molar-refractivity contribution in [3.8, 4) is 0 Å². The lowest BCUT2D eigenvalue weighted by atomic mass is 10.1. The van der Waals surface area contributed by atoms with Crippen LogP contribution in [0.1, 0.15) is 10.4 Å². The number of Topliss-reactive ketones (excluding diaryl/α,β-unsaturated/α-hetero) is 1. The minimum absolute atomic E-state index is 0.0240. The molecule has 6 nitrogen and oxygen atoms in total. The summed E-state index contributed by atoms with van der Waals surface area (Å²) >= 11 is 7.25. The molecule has 2 heterocycles. The molecule has 1 N–H and O–H groups in total. The Morgan fingerprint density at radius 2 is 2.09 bits per heavy atom. The number of benzene rings is 1. The summed E-state index contributed by atoms with van der Waals surface area (Å²) in [6.07, 6.45) is 0. The van der Waals surface area contributed by atoms with Crippen LogP contribution in [0.15, 0.2) is 34.4 Å². The molecule has 1 unspecified atom stereocenters. The molecule has 2 aliphatic rings. The molecule has 122 valence electrons. The Morgan fingerprint density at radius 3 is 2.74 bits per heavy atom. The number of halogens is 1. The van der Waals surface area contributed by atoms with Crippen molar-refractivity contribution in [1.29, 1.82) is 0 Å². The first-order chi connectivity index (χ1) is 11.0. The molecule has 0 bridgehead atoms. The number of hydrazone groups is 1. The number of rotatable bonds is 5. The molecule has 23 heavy (non-hydrogen) atoms. The second-order valence-corrected chi connectivity index (χ2v) is 8.90. The van der Waals surface area contributed by atoms with Crippen molar-refractivity contribution >= 4 is 49.7 Å². The molecule has 0 saturated carbocycles. The lowest BCUT2D eigenvalue weighted by molar-refractivity contribution is 0.106. The molecule has 0 radical (unpaired) electrons. The summed E-state index contributed by atoms with van der Waals surface area (Å²) in [7, 11) is -3.55.